The summed E-state index contributed by atoms with van der Waals surface area (Å²) < 4.78 is 0. The van der Waals surface area contributed by atoms with Crippen LogP contribution in [0.2, 0.25) is 0 Å². The van der Waals surface area contributed by atoms with Crippen molar-refractivity contribution in [3.8, 4) is 0 Å². The van der Waals surface area contributed by atoms with Gasteiger partial charge < -0.3 is 15.6 Å². The second kappa shape index (κ2) is 7.36. The molecule has 0 saturated carbocycles. The number of aromatic nitrogens is 2. The molecule has 0 radical (unpaired) electrons. The van der Waals surface area contributed by atoms with E-state index in [1.54, 1.807) is 11.8 Å². The highest BCUT2D eigenvalue weighted by atomic mass is 32.2. The number of thioether (sulfide) groups is 1. The van der Waals surface area contributed by atoms with Gasteiger partial charge in [0.15, 0.2) is 5.16 Å². The molecule has 2 rings (SSSR count). The van der Waals surface area contributed by atoms with Crippen LogP contribution in [0, 0.1) is 0 Å². The molecule has 0 fully saturated rings. The van der Waals surface area contributed by atoms with Crippen molar-refractivity contribution in [2.24, 2.45) is 0 Å². The number of rotatable bonds is 7. The lowest BCUT2D eigenvalue weighted by molar-refractivity contribution is -0.130. The molecule has 1 aromatic carbocycles. The fourth-order valence-corrected chi connectivity index (χ4v) is 3.03. The summed E-state index contributed by atoms with van der Waals surface area (Å²) in [6, 6.07) is 5.64. The number of nitrogens with two attached hydrogens (primary N) is 1. The topological polar surface area (TPSA) is 75.0 Å². The Hall–Kier alpha value is -1.69. The van der Waals surface area contributed by atoms with E-state index < -0.39 is 0 Å². The Morgan fingerprint density at radius 1 is 1.38 bits per heavy atom. The molecule has 1 amide bonds. The number of nitrogens with zero attached hydrogens (tertiary/aromatic N) is 2. The number of carbonyl (C=O) groups excluding carboxylic acids is 1. The predicted octanol–water partition coefficient (Wildman–Crippen LogP) is 2.89. The van der Waals surface area contributed by atoms with Crippen molar-refractivity contribution in [1.29, 1.82) is 0 Å². The van der Waals surface area contributed by atoms with Gasteiger partial charge in [-0.1, -0.05) is 11.8 Å². The van der Waals surface area contributed by atoms with Gasteiger partial charge in [0, 0.05) is 31.0 Å². The van der Waals surface area contributed by atoms with Crippen LogP contribution >= 0.6 is 11.8 Å². The number of hydrogen-bond donors (Lipinski definition) is 2. The minimum atomic E-state index is 0.234. The van der Waals surface area contributed by atoms with Crippen molar-refractivity contribution >= 4 is 34.4 Å². The van der Waals surface area contributed by atoms with E-state index >= 15 is 0 Å². The second-order valence-corrected chi connectivity index (χ2v) is 5.92. The van der Waals surface area contributed by atoms with Crippen molar-refractivity contribution < 1.29 is 4.79 Å². The fraction of sp³-hybridized carbons (Fsp3) is 0.467. The van der Waals surface area contributed by atoms with Crippen molar-refractivity contribution in [3.63, 3.8) is 0 Å². The first-order valence-electron chi connectivity index (χ1n) is 7.29. The number of aromatic amines is 1. The molecule has 6 heteroatoms. The molecule has 0 aliphatic heterocycles. The first-order chi connectivity index (χ1) is 10.1. The van der Waals surface area contributed by atoms with Crippen LogP contribution in [0.5, 0.6) is 0 Å². The largest absolute Gasteiger partial charge is 0.399 e. The number of amides is 1. The molecule has 0 aliphatic rings. The van der Waals surface area contributed by atoms with E-state index in [-0.39, 0.29) is 5.91 Å². The molecular formula is C15H22N4OS. The number of nitrogens with one attached hydrogen (secondary N) is 1. The van der Waals surface area contributed by atoms with Crippen LogP contribution in [-0.4, -0.2) is 39.6 Å². The number of H-pyrrole nitrogens is 1. The van der Waals surface area contributed by atoms with E-state index in [0.717, 1.165) is 47.1 Å². The molecule has 5 nitrogen and oxygen atoms in total. The molecule has 1 heterocycles. The number of benzene rings is 1. The van der Waals surface area contributed by atoms with Gasteiger partial charge in [-0.15, -0.1) is 0 Å². The van der Waals surface area contributed by atoms with Crippen LogP contribution in [-0.2, 0) is 4.79 Å². The van der Waals surface area contributed by atoms with Crippen molar-refractivity contribution in [3.05, 3.63) is 18.2 Å². The van der Waals surface area contributed by atoms with Gasteiger partial charge in [-0.2, -0.15) is 0 Å². The summed E-state index contributed by atoms with van der Waals surface area (Å²) in [7, 11) is 0. The van der Waals surface area contributed by atoms with Crippen LogP contribution in [0.15, 0.2) is 23.4 Å². The fourth-order valence-electron chi connectivity index (χ4n) is 2.20. The lowest BCUT2D eigenvalue weighted by atomic mass is 10.3. The molecule has 21 heavy (non-hydrogen) atoms. The SMILES string of the molecule is CCN(CC)C(=O)CCCSc1nc2ccc(N)cc2[nH]1. The second-order valence-electron chi connectivity index (χ2n) is 4.84. The number of hydrogen-bond acceptors (Lipinski definition) is 4. The van der Waals surface area contributed by atoms with E-state index in [9.17, 15) is 4.79 Å². The van der Waals surface area contributed by atoms with Crippen molar-refractivity contribution in [1.82, 2.24) is 14.9 Å². The molecule has 0 aliphatic carbocycles. The van der Waals surface area contributed by atoms with Crippen LogP contribution in [0.3, 0.4) is 0 Å². The number of fused-ring (bicyclic) bond motifs is 1. The quantitative estimate of drug-likeness (QED) is 0.468. The van der Waals surface area contributed by atoms with Gasteiger partial charge >= 0.3 is 0 Å². The van der Waals surface area contributed by atoms with Crippen LogP contribution in [0.25, 0.3) is 11.0 Å². The highest BCUT2D eigenvalue weighted by Gasteiger charge is 2.09. The maximum atomic E-state index is 11.9. The lowest BCUT2D eigenvalue weighted by Crippen LogP contribution is -2.30. The van der Waals surface area contributed by atoms with E-state index in [1.165, 1.54) is 0 Å². The number of imidazole rings is 1. The van der Waals surface area contributed by atoms with Crippen molar-refractivity contribution in [2.45, 2.75) is 31.8 Å². The molecule has 3 N–H and O–H groups in total. The first kappa shape index (κ1) is 15.7. The van der Waals surface area contributed by atoms with Gasteiger partial charge in [0.05, 0.1) is 11.0 Å². The Labute approximate surface area is 129 Å². The smallest absolute Gasteiger partial charge is 0.222 e. The molecule has 0 bridgehead atoms. The summed E-state index contributed by atoms with van der Waals surface area (Å²) in [5.74, 6) is 1.11. The average Bonchev–Trinajstić information content (AvgIpc) is 2.86. The van der Waals surface area contributed by atoms with Gasteiger partial charge in [0.2, 0.25) is 5.91 Å². The summed E-state index contributed by atoms with van der Waals surface area (Å²) in [5.41, 5.74) is 8.35. The highest BCUT2D eigenvalue weighted by Crippen LogP contribution is 2.22. The number of nitrogen functional groups attached to an aromatic ring is 1. The molecule has 1 aromatic heterocycles. The van der Waals surface area contributed by atoms with Gasteiger partial charge in [0.25, 0.3) is 0 Å². The summed E-state index contributed by atoms with van der Waals surface area (Å²) in [5, 5.41) is 0.880. The van der Waals surface area contributed by atoms with Gasteiger partial charge in [0.1, 0.15) is 0 Å². The van der Waals surface area contributed by atoms with E-state index in [0.29, 0.717) is 6.42 Å². The van der Waals surface area contributed by atoms with E-state index in [4.69, 9.17) is 5.73 Å². The Bertz CT molecular complexity index is 607. The molecule has 114 valence electrons. The monoisotopic (exact) mass is 306 g/mol. The average molecular weight is 306 g/mol. The lowest BCUT2D eigenvalue weighted by Gasteiger charge is -2.18. The van der Waals surface area contributed by atoms with Crippen molar-refractivity contribution in [2.75, 3.05) is 24.6 Å². The number of anilines is 1. The zero-order valence-electron chi connectivity index (χ0n) is 12.6. The Balaban J connectivity index is 1.81. The van der Waals surface area contributed by atoms with Gasteiger partial charge in [-0.25, -0.2) is 4.98 Å². The summed E-state index contributed by atoms with van der Waals surface area (Å²) >= 11 is 1.64. The van der Waals surface area contributed by atoms with E-state index in [2.05, 4.69) is 9.97 Å². The zero-order chi connectivity index (χ0) is 15.2. The summed E-state index contributed by atoms with van der Waals surface area (Å²) in [6.45, 7) is 5.59. The predicted molar refractivity (Wildman–Crippen MR) is 88.4 cm³/mol. The third kappa shape index (κ3) is 4.14. The molecule has 0 saturated heterocycles. The normalized spacial score (nSPS) is 11.0. The molecule has 0 atom stereocenters. The molecular weight excluding hydrogens is 284 g/mol. The standard InChI is InChI=1S/C15H22N4OS/c1-3-19(4-2)14(20)6-5-9-21-15-17-12-8-7-11(16)10-13(12)18-15/h7-8,10H,3-6,9,16H2,1-2H3,(H,17,18). The Morgan fingerprint density at radius 2 is 2.14 bits per heavy atom. The first-order valence-corrected chi connectivity index (χ1v) is 8.28. The molecule has 0 unspecified atom stereocenters. The highest BCUT2D eigenvalue weighted by molar-refractivity contribution is 7.99. The minimum absolute atomic E-state index is 0.234. The molecule has 0 spiro atoms. The maximum Gasteiger partial charge on any atom is 0.222 e. The minimum Gasteiger partial charge on any atom is -0.399 e. The van der Waals surface area contributed by atoms with Crippen LogP contribution < -0.4 is 5.73 Å². The number of carbonyl (C=O) groups is 1. The third-order valence-corrected chi connectivity index (χ3v) is 4.33. The third-order valence-electron chi connectivity index (χ3n) is 3.37. The Morgan fingerprint density at radius 3 is 2.86 bits per heavy atom. The molecule has 2 aromatic rings. The van der Waals surface area contributed by atoms with E-state index in [1.807, 2.05) is 36.9 Å². The van der Waals surface area contributed by atoms with Gasteiger partial charge in [-0.3, -0.25) is 4.79 Å². The maximum absolute atomic E-state index is 11.9. The summed E-state index contributed by atoms with van der Waals surface area (Å²) in [4.78, 5) is 21.5. The zero-order valence-corrected chi connectivity index (χ0v) is 13.4. The van der Waals surface area contributed by atoms with Crippen LogP contribution in [0.4, 0.5) is 5.69 Å². The summed E-state index contributed by atoms with van der Waals surface area (Å²) in [6.07, 6.45) is 1.46. The van der Waals surface area contributed by atoms with Gasteiger partial charge in [-0.05, 0) is 38.5 Å². The Kier molecular flexibility index (Phi) is 5.50. The van der Waals surface area contributed by atoms with Crippen LogP contribution in [0.1, 0.15) is 26.7 Å².